The first kappa shape index (κ1) is 27.0. The summed E-state index contributed by atoms with van der Waals surface area (Å²) in [4.78, 5) is 51.8. The molecule has 0 unspecified atom stereocenters. The van der Waals surface area contributed by atoms with E-state index in [-0.39, 0.29) is 36.3 Å². The summed E-state index contributed by atoms with van der Waals surface area (Å²) in [5, 5.41) is 4.95. The van der Waals surface area contributed by atoms with E-state index in [0.29, 0.717) is 32.1 Å². The van der Waals surface area contributed by atoms with Gasteiger partial charge in [0.15, 0.2) is 29.6 Å². The highest BCUT2D eigenvalue weighted by atomic mass is 127. The molecule has 0 spiro atoms. The number of fused-ring (bicyclic) bond motifs is 1. The molecule has 5 amide bonds. The topological polar surface area (TPSA) is 133 Å². The number of anilines is 2. The molecule has 3 aromatic rings. The van der Waals surface area contributed by atoms with Crippen LogP contribution in [-0.2, 0) is 14.4 Å². The Morgan fingerprint density at radius 1 is 1.07 bits per heavy atom. The van der Waals surface area contributed by atoms with Crippen LogP contribution in [0.1, 0.15) is 11.1 Å². The molecule has 0 radical (unpaired) electrons. The summed E-state index contributed by atoms with van der Waals surface area (Å²) in [5.41, 5.74) is 2.11. The number of benzene rings is 3. The Labute approximate surface area is 242 Å². The number of imide groups is 2. The van der Waals surface area contributed by atoms with Crippen LogP contribution in [0.4, 0.5) is 16.2 Å². The Bertz CT molecular complexity index is 1570. The number of halogens is 1. The fraction of sp³-hybridized carbons (Fsp3) is 0.143. The van der Waals surface area contributed by atoms with E-state index >= 15 is 0 Å². The fourth-order valence-electron chi connectivity index (χ4n) is 4.02. The zero-order chi connectivity index (χ0) is 28.4. The Morgan fingerprint density at radius 3 is 2.58 bits per heavy atom. The molecule has 204 valence electrons. The van der Waals surface area contributed by atoms with Crippen LogP contribution in [0.3, 0.4) is 0 Å². The van der Waals surface area contributed by atoms with E-state index in [1.807, 2.05) is 41.6 Å². The molecule has 1 fully saturated rings. The minimum atomic E-state index is -0.883. The number of carbonyl (C=O) groups is 4. The maximum Gasteiger partial charge on any atom is 0.335 e. The van der Waals surface area contributed by atoms with Gasteiger partial charge in [0.1, 0.15) is 5.57 Å². The summed E-state index contributed by atoms with van der Waals surface area (Å²) in [6.07, 6.45) is 1.35. The minimum Gasteiger partial charge on any atom is -0.493 e. The summed E-state index contributed by atoms with van der Waals surface area (Å²) >= 11 is 2.01. The quantitative estimate of drug-likeness (QED) is 0.222. The normalized spacial score (nSPS) is 15.2. The summed E-state index contributed by atoms with van der Waals surface area (Å²) in [6, 6.07) is 14.3. The zero-order valence-electron chi connectivity index (χ0n) is 21.3. The highest BCUT2D eigenvalue weighted by Crippen LogP contribution is 2.37. The van der Waals surface area contributed by atoms with Crippen LogP contribution in [0, 0.1) is 10.5 Å². The summed E-state index contributed by atoms with van der Waals surface area (Å²) in [7, 11) is 1.43. The standard InChI is InChI=1S/C28H22IN3O8/c1-15-3-5-17(6-4-15)30-24(33)13-38-25-20(29)10-16(11-23(25)37-2)9-19-26(34)31-28(36)32(27(19)35)18-7-8-21-22(12-18)40-14-39-21/h3-12H,13-14H2,1-2H3,(H,30,33)(H,31,34,36)/b19-9+. The zero-order valence-corrected chi connectivity index (χ0v) is 23.4. The first-order chi connectivity index (χ1) is 19.2. The molecule has 12 heteroatoms. The van der Waals surface area contributed by atoms with E-state index in [1.165, 1.54) is 25.3 Å². The first-order valence-corrected chi connectivity index (χ1v) is 13.0. The van der Waals surface area contributed by atoms with Gasteiger partial charge in [-0.05, 0) is 77.6 Å². The molecule has 2 N–H and O–H groups in total. The number of barbiturate groups is 1. The molecule has 0 saturated carbocycles. The number of amides is 5. The van der Waals surface area contributed by atoms with Gasteiger partial charge in [-0.3, -0.25) is 19.7 Å². The van der Waals surface area contributed by atoms with Gasteiger partial charge in [-0.2, -0.15) is 0 Å². The average Bonchev–Trinajstić information content (AvgIpc) is 3.39. The van der Waals surface area contributed by atoms with Crippen molar-refractivity contribution in [3.8, 4) is 23.0 Å². The highest BCUT2D eigenvalue weighted by Gasteiger charge is 2.37. The molecule has 3 aromatic carbocycles. The van der Waals surface area contributed by atoms with Crippen molar-refractivity contribution in [1.82, 2.24) is 5.32 Å². The molecule has 2 heterocycles. The van der Waals surface area contributed by atoms with E-state index < -0.39 is 17.8 Å². The predicted octanol–water partition coefficient (Wildman–Crippen LogP) is 4.02. The molecule has 0 atom stereocenters. The van der Waals surface area contributed by atoms with E-state index in [0.717, 1.165) is 10.5 Å². The van der Waals surface area contributed by atoms with Gasteiger partial charge in [-0.15, -0.1) is 0 Å². The smallest absolute Gasteiger partial charge is 0.335 e. The molecular formula is C28H22IN3O8. The SMILES string of the molecule is COc1cc(/C=C2\C(=O)NC(=O)N(c3ccc4c(c3)OCO4)C2=O)cc(I)c1OCC(=O)Nc1ccc(C)cc1. The number of rotatable bonds is 7. The van der Waals surface area contributed by atoms with E-state index in [2.05, 4.69) is 10.6 Å². The lowest BCUT2D eigenvalue weighted by Crippen LogP contribution is -2.54. The van der Waals surface area contributed by atoms with Gasteiger partial charge in [-0.1, -0.05) is 17.7 Å². The molecular weight excluding hydrogens is 633 g/mol. The van der Waals surface area contributed by atoms with E-state index in [4.69, 9.17) is 18.9 Å². The Hall–Kier alpha value is -4.59. The lowest BCUT2D eigenvalue weighted by Gasteiger charge is -2.26. The van der Waals surface area contributed by atoms with Gasteiger partial charge in [0.25, 0.3) is 17.7 Å². The number of hydrogen-bond donors (Lipinski definition) is 2. The predicted molar refractivity (Wildman–Crippen MR) is 153 cm³/mol. The molecule has 40 heavy (non-hydrogen) atoms. The molecule has 2 aliphatic heterocycles. The molecule has 1 saturated heterocycles. The van der Waals surface area contributed by atoms with Crippen LogP contribution >= 0.6 is 22.6 Å². The lowest BCUT2D eigenvalue weighted by atomic mass is 10.1. The number of nitrogens with one attached hydrogen (secondary N) is 2. The second-order valence-corrected chi connectivity index (χ2v) is 9.89. The van der Waals surface area contributed by atoms with Crippen molar-refractivity contribution in [2.45, 2.75) is 6.92 Å². The van der Waals surface area contributed by atoms with Gasteiger partial charge in [-0.25, -0.2) is 9.69 Å². The first-order valence-electron chi connectivity index (χ1n) is 11.9. The molecule has 5 rings (SSSR count). The van der Waals surface area contributed by atoms with Crippen molar-refractivity contribution in [2.24, 2.45) is 0 Å². The Morgan fingerprint density at radius 2 is 1.82 bits per heavy atom. The van der Waals surface area contributed by atoms with Crippen LogP contribution in [0.2, 0.25) is 0 Å². The van der Waals surface area contributed by atoms with Crippen molar-refractivity contribution in [1.29, 1.82) is 0 Å². The maximum atomic E-state index is 13.3. The third-order valence-corrected chi connectivity index (χ3v) is 6.76. The number of hydrogen-bond acceptors (Lipinski definition) is 8. The third kappa shape index (κ3) is 5.57. The van der Waals surface area contributed by atoms with Crippen molar-refractivity contribution < 1.29 is 38.1 Å². The number of nitrogens with zero attached hydrogens (tertiary/aromatic N) is 1. The van der Waals surface area contributed by atoms with Crippen molar-refractivity contribution in [3.63, 3.8) is 0 Å². The number of ether oxygens (including phenoxy) is 4. The summed E-state index contributed by atoms with van der Waals surface area (Å²) < 4.78 is 22.4. The van der Waals surface area contributed by atoms with Crippen LogP contribution in [0.25, 0.3) is 6.08 Å². The van der Waals surface area contributed by atoms with Crippen molar-refractivity contribution in [3.05, 3.63) is 74.9 Å². The third-order valence-electron chi connectivity index (χ3n) is 5.96. The summed E-state index contributed by atoms with van der Waals surface area (Å²) in [6.45, 7) is 1.71. The molecule has 0 aliphatic carbocycles. The van der Waals surface area contributed by atoms with E-state index in [9.17, 15) is 19.2 Å². The fourth-order valence-corrected chi connectivity index (χ4v) is 4.80. The number of urea groups is 1. The van der Waals surface area contributed by atoms with Crippen molar-refractivity contribution >= 4 is 63.8 Å². The van der Waals surface area contributed by atoms with Crippen molar-refractivity contribution in [2.75, 3.05) is 30.7 Å². The lowest BCUT2D eigenvalue weighted by molar-refractivity contribution is -0.122. The monoisotopic (exact) mass is 655 g/mol. The van der Waals surface area contributed by atoms with Crippen LogP contribution < -0.4 is 34.5 Å². The van der Waals surface area contributed by atoms with Gasteiger partial charge in [0.05, 0.1) is 16.4 Å². The van der Waals surface area contributed by atoms with Gasteiger partial charge < -0.3 is 24.3 Å². The Kier molecular flexibility index (Phi) is 7.60. The van der Waals surface area contributed by atoms with Crippen LogP contribution in [0.5, 0.6) is 23.0 Å². The molecule has 0 aromatic heterocycles. The van der Waals surface area contributed by atoms with Gasteiger partial charge >= 0.3 is 6.03 Å². The average molecular weight is 655 g/mol. The largest absolute Gasteiger partial charge is 0.493 e. The highest BCUT2D eigenvalue weighted by molar-refractivity contribution is 14.1. The van der Waals surface area contributed by atoms with Gasteiger partial charge in [0.2, 0.25) is 6.79 Å². The van der Waals surface area contributed by atoms with E-state index in [1.54, 1.807) is 30.3 Å². The second kappa shape index (κ2) is 11.3. The van der Waals surface area contributed by atoms with Crippen LogP contribution in [0.15, 0.2) is 60.2 Å². The number of methoxy groups -OCH3 is 1. The Balaban J connectivity index is 1.36. The van der Waals surface area contributed by atoms with Crippen LogP contribution in [-0.4, -0.2) is 44.3 Å². The summed E-state index contributed by atoms with van der Waals surface area (Å²) in [5.74, 6) is -0.537. The molecule has 2 aliphatic rings. The second-order valence-electron chi connectivity index (χ2n) is 8.73. The minimum absolute atomic E-state index is 0.0279. The molecule has 0 bridgehead atoms. The molecule has 11 nitrogen and oxygen atoms in total. The number of carbonyl (C=O) groups excluding carboxylic acids is 4. The van der Waals surface area contributed by atoms with Gasteiger partial charge in [0, 0.05) is 11.8 Å². The maximum absolute atomic E-state index is 13.3. The number of aryl methyl sites for hydroxylation is 1.